The number of piperidine rings is 1. The second-order valence-electron chi connectivity index (χ2n) is 8.36. The van der Waals surface area contributed by atoms with Crippen molar-refractivity contribution in [2.75, 3.05) is 39.8 Å². The van der Waals surface area contributed by atoms with Gasteiger partial charge in [0, 0.05) is 51.9 Å². The average Bonchev–Trinajstić information content (AvgIpc) is 3.14. The van der Waals surface area contributed by atoms with E-state index in [0.717, 1.165) is 51.5 Å². The first-order valence-electron chi connectivity index (χ1n) is 10.8. The minimum absolute atomic E-state index is 0.511. The molecule has 2 aliphatic rings. The van der Waals surface area contributed by atoms with Crippen LogP contribution in [0.3, 0.4) is 0 Å². The fourth-order valence-corrected chi connectivity index (χ4v) is 4.37. The maximum absolute atomic E-state index is 4.47. The van der Waals surface area contributed by atoms with E-state index < -0.39 is 0 Å². The molecule has 0 bridgehead atoms. The van der Waals surface area contributed by atoms with Gasteiger partial charge >= 0.3 is 0 Å². The van der Waals surface area contributed by atoms with Crippen LogP contribution in [0.25, 0.3) is 0 Å². The SMILES string of the molecule is C=C(C)CN1CCC(NC(=NC)NCC2CCCN2Cc2ccccc2)CC1. The molecule has 1 unspecified atom stereocenters. The minimum Gasteiger partial charge on any atom is -0.355 e. The molecular weight excluding hydrogens is 346 g/mol. The Morgan fingerprint density at radius 3 is 2.57 bits per heavy atom. The Morgan fingerprint density at radius 2 is 1.89 bits per heavy atom. The second kappa shape index (κ2) is 10.6. The normalized spacial score (nSPS) is 22.4. The molecule has 1 atom stereocenters. The molecule has 2 heterocycles. The van der Waals surface area contributed by atoms with Crippen molar-refractivity contribution < 1.29 is 0 Å². The lowest BCUT2D eigenvalue weighted by Crippen LogP contribution is -2.50. The quantitative estimate of drug-likeness (QED) is 0.432. The summed E-state index contributed by atoms with van der Waals surface area (Å²) >= 11 is 0. The van der Waals surface area contributed by atoms with Crippen molar-refractivity contribution in [1.29, 1.82) is 0 Å². The zero-order valence-corrected chi connectivity index (χ0v) is 17.7. The van der Waals surface area contributed by atoms with Crippen LogP contribution in [0.5, 0.6) is 0 Å². The predicted molar refractivity (Wildman–Crippen MR) is 119 cm³/mol. The molecule has 0 saturated carbocycles. The summed E-state index contributed by atoms with van der Waals surface area (Å²) < 4.78 is 0. The van der Waals surface area contributed by atoms with E-state index >= 15 is 0 Å². The number of rotatable bonds is 7. The highest BCUT2D eigenvalue weighted by Gasteiger charge is 2.25. The minimum atomic E-state index is 0.511. The Balaban J connectivity index is 1.42. The molecule has 1 aromatic rings. The highest BCUT2D eigenvalue weighted by molar-refractivity contribution is 5.80. The fourth-order valence-electron chi connectivity index (χ4n) is 4.37. The van der Waals surface area contributed by atoms with Crippen LogP contribution in [-0.4, -0.2) is 67.6 Å². The van der Waals surface area contributed by atoms with Crippen molar-refractivity contribution in [3.63, 3.8) is 0 Å². The van der Waals surface area contributed by atoms with Gasteiger partial charge < -0.3 is 10.6 Å². The van der Waals surface area contributed by atoms with Gasteiger partial charge in [0.2, 0.25) is 0 Å². The number of hydrogen-bond donors (Lipinski definition) is 2. The summed E-state index contributed by atoms with van der Waals surface area (Å²) in [5.41, 5.74) is 2.65. The zero-order chi connectivity index (χ0) is 19.8. The van der Waals surface area contributed by atoms with Crippen LogP contribution in [0.2, 0.25) is 0 Å². The first kappa shape index (κ1) is 20.9. The number of benzene rings is 1. The summed E-state index contributed by atoms with van der Waals surface area (Å²) in [7, 11) is 1.88. The van der Waals surface area contributed by atoms with Crippen LogP contribution in [0.1, 0.15) is 38.2 Å². The summed E-state index contributed by atoms with van der Waals surface area (Å²) in [5, 5.41) is 7.23. The topological polar surface area (TPSA) is 42.9 Å². The van der Waals surface area contributed by atoms with Gasteiger partial charge in [-0.05, 0) is 44.7 Å². The summed E-state index contributed by atoms with van der Waals surface area (Å²) in [6.07, 6.45) is 4.87. The molecule has 0 amide bonds. The fraction of sp³-hybridized carbons (Fsp3) is 0.609. The molecule has 0 aromatic heterocycles. The average molecular weight is 384 g/mol. The van der Waals surface area contributed by atoms with Crippen LogP contribution in [0, 0.1) is 0 Å². The molecule has 5 nitrogen and oxygen atoms in total. The third-order valence-electron chi connectivity index (χ3n) is 5.88. The number of nitrogens with one attached hydrogen (secondary N) is 2. The Hall–Kier alpha value is -1.85. The van der Waals surface area contributed by atoms with E-state index in [1.165, 1.54) is 30.5 Å². The third kappa shape index (κ3) is 6.35. The van der Waals surface area contributed by atoms with Crippen molar-refractivity contribution in [1.82, 2.24) is 20.4 Å². The summed E-state index contributed by atoms with van der Waals surface area (Å²) in [6, 6.07) is 11.9. The Morgan fingerprint density at radius 1 is 1.14 bits per heavy atom. The number of aliphatic imine (C=N–C) groups is 1. The zero-order valence-electron chi connectivity index (χ0n) is 17.7. The Kier molecular flexibility index (Phi) is 7.92. The van der Waals surface area contributed by atoms with Crippen molar-refractivity contribution in [3.05, 3.63) is 48.0 Å². The Bertz CT molecular complexity index is 634. The van der Waals surface area contributed by atoms with Gasteiger partial charge in [-0.15, -0.1) is 0 Å². The van der Waals surface area contributed by atoms with E-state index in [1.54, 1.807) is 0 Å². The molecule has 0 spiro atoms. The summed E-state index contributed by atoms with van der Waals surface area (Å²) in [5.74, 6) is 0.949. The lowest BCUT2D eigenvalue weighted by molar-refractivity contribution is 0.220. The van der Waals surface area contributed by atoms with Crippen LogP contribution >= 0.6 is 0 Å². The van der Waals surface area contributed by atoms with E-state index in [2.05, 4.69) is 69.3 Å². The number of likely N-dealkylation sites (tertiary alicyclic amines) is 2. The summed E-state index contributed by atoms with van der Waals surface area (Å²) in [4.78, 5) is 9.57. The van der Waals surface area contributed by atoms with Gasteiger partial charge in [-0.1, -0.05) is 42.5 Å². The number of nitrogens with zero attached hydrogens (tertiary/aromatic N) is 3. The molecule has 2 saturated heterocycles. The van der Waals surface area contributed by atoms with Gasteiger partial charge in [-0.25, -0.2) is 0 Å². The van der Waals surface area contributed by atoms with Crippen molar-refractivity contribution in [2.24, 2.45) is 4.99 Å². The molecule has 2 fully saturated rings. The van der Waals surface area contributed by atoms with E-state index in [4.69, 9.17) is 0 Å². The molecule has 2 N–H and O–H groups in total. The first-order valence-corrected chi connectivity index (χ1v) is 10.8. The molecule has 0 aliphatic carbocycles. The smallest absolute Gasteiger partial charge is 0.191 e. The van der Waals surface area contributed by atoms with E-state index in [1.807, 2.05) is 7.05 Å². The van der Waals surface area contributed by atoms with Gasteiger partial charge in [0.25, 0.3) is 0 Å². The van der Waals surface area contributed by atoms with Crippen LogP contribution in [-0.2, 0) is 6.54 Å². The van der Waals surface area contributed by atoms with Gasteiger partial charge in [0.05, 0.1) is 0 Å². The summed E-state index contributed by atoms with van der Waals surface area (Å²) in [6.45, 7) is 12.6. The molecule has 0 radical (unpaired) electrons. The Labute approximate surface area is 170 Å². The largest absolute Gasteiger partial charge is 0.355 e. The standard InChI is InChI=1S/C23H37N5/c1-19(2)17-27-14-11-21(12-15-27)26-23(24-3)25-16-22-10-7-13-28(22)18-20-8-5-4-6-9-20/h4-6,8-9,21-22H,1,7,10-18H2,2-3H3,(H2,24,25,26). The van der Waals surface area contributed by atoms with Crippen molar-refractivity contribution >= 4 is 5.96 Å². The molecule has 28 heavy (non-hydrogen) atoms. The lowest BCUT2D eigenvalue weighted by Gasteiger charge is -2.33. The van der Waals surface area contributed by atoms with E-state index in [0.29, 0.717) is 12.1 Å². The lowest BCUT2D eigenvalue weighted by atomic mass is 10.0. The third-order valence-corrected chi connectivity index (χ3v) is 5.88. The van der Waals surface area contributed by atoms with Gasteiger partial charge in [0.1, 0.15) is 0 Å². The number of guanidine groups is 1. The molecule has 1 aromatic carbocycles. The van der Waals surface area contributed by atoms with Gasteiger partial charge in [-0.2, -0.15) is 0 Å². The highest BCUT2D eigenvalue weighted by atomic mass is 15.2. The maximum atomic E-state index is 4.47. The first-order chi connectivity index (χ1) is 13.6. The maximum Gasteiger partial charge on any atom is 0.191 e. The van der Waals surface area contributed by atoms with E-state index in [-0.39, 0.29) is 0 Å². The highest BCUT2D eigenvalue weighted by Crippen LogP contribution is 2.19. The van der Waals surface area contributed by atoms with Crippen LogP contribution < -0.4 is 10.6 Å². The monoisotopic (exact) mass is 383 g/mol. The molecule has 3 rings (SSSR count). The van der Waals surface area contributed by atoms with Gasteiger partial charge in [-0.3, -0.25) is 14.8 Å². The number of hydrogen-bond acceptors (Lipinski definition) is 3. The van der Waals surface area contributed by atoms with Crippen LogP contribution in [0.4, 0.5) is 0 Å². The van der Waals surface area contributed by atoms with Crippen LogP contribution in [0.15, 0.2) is 47.5 Å². The predicted octanol–water partition coefficient (Wildman–Crippen LogP) is 2.86. The molecule has 154 valence electrons. The second-order valence-corrected chi connectivity index (χ2v) is 8.36. The molecule has 5 heteroatoms. The van der Waals surface area contributed by atoms with E-state index in [9.17, 15) is 0 Å². The molecular formula is C23H37N5. The molecule has 2 aliphatic heterocycles. The van der Waals surface area contributed by atoms with Crippen molar-refractivity contribution in [3.8, 4) is 0 Å². The van der Waals surface area contributed by atoms with Crippen molar-refractivity contribution in [2.45, 2.75) is 51.2 Å². The van der Waals surface area contributed by atoms with Gasteiger partial charge in [0.15, 0.2) is 5.96 Å².